The normalized spacial score (nSPS) is 11.5. The summed E-state index contributed by atoms with van der Waals surface area (Å²) in [6.45, 7) is 6.52. The summed E-state index contributed by atoms with van der Waals surface area (Å²) >= 11 is 1.25. The van der Waals surface area contributed by atoms with Crippen molar-refractivity contribution in [1.29, 1.82) is 0 Å². The van der Waals surface area contributed by atoms with E-state index in [2.05, 4.69) is 10.1 Å². The molecule has 1 aromatic carbocycles. The number of hydrogen-bond acceptors (Lipinski definition) is 6. The number of carboxylic acids is 1. The van der Waals surface area contributed by atoms with Crippen LogP contribution >= 0.6 is 11.8 Å². The molecule has 3 N–H and O–H groups in total. The van der Waals surface area contributed by atoms with Crippen LogP contribution in [0.1, 0.15) is 31.4 Å². The lowest BCUT2D eigenvalue weighted by Crippen LogP contribution is -2.26. The highest BCUT2D eigenvalue weighted by Gasteiger charge is 2.28. The number of aromatic nitrogens is 3. The number of hydrogen-bond donors (Lipinski definition) is 2. The lowest BCUT2D eigenvalue weighted by atomic mass is 10.2. The second-order valence-electron chi connectivity index (χ2n) is 5.99. The highest BCUT2D eigenvalue weighted by molar-refractivity contribution is 8.01. The molecule has 0 aliphatic heterocycles. The Bertz CT molecular complexity index is 787. The van der Waals surface area contributed by atoms with Gasteiger partial charge in [-0.2, -0.15) is 5.10 Å². The van der Waals surface area contributed by atoms with Crippen molar-refractivity contribution in [3.63, 3.8) is 0 Å². The molecule has 0 aliphatic rings. The topological polar surface area (TPSA) is 120 Å². The number of primary amides is 1. The van der Waals surface area contributed by atoms with Crippen molar-refractivity contribution in [2.45, 2.75) is 37.0 Å². The fraction of sp³-hybridized carbons (Fsp3) is 0.412. The number of ether oxygens (including phenoxy) is 1. The maximum atomic E-state index is 11.6. The maximum absolute atomic E-state index is 11.6. The van der Waals surface area contributed by atoms with Crippen molar-refractivity contribution >= 4 is 23.6 Å². The minimum atomic E-state index is -0.931. The average molecular weight is 378 g/mol. The molecule has 140 valence electrons. The summed E-state index contributed by atoms with van der Waals surface area (Å²) in [7, 11) is 0. The van der Waals surface area contributed by atoms with E-state index in [0.717, 1.165) is 4.90 Å². The summed E-state index contributed by atoms with van der Waals surface area (Å²) in [6, 6.07) is 7.17. The van der Waals surface area contributed by atoms with Crippen LogP contribution in [0, 0.1) is 0 Å². The van der Waals surface area contributed by atoms with Gasteiger partial charge in [0.15, 0.2) is 5.82 Å². The van der Waals surface area contributed by atoms with E-state index in [1.54, 1.807) is 38.1 Å². The number of carbonyl (C=O) groups excluding carboxylic acids is 1. The van der Waals surface area contributed by atoms with Crippen LogP contribution in [0.4, 0.5) is 0 Å². The van der Waals surface area contributed by atoms with Crippen molar-refractivity contribution in [2.24, 2.45) is 5.73 Å². The predicted molar refractivity (Wildman–Crippen MR) is 98.0 cm³/mol. The Balaban J connectivity index is 2.21. The Kier molecular flexibility index (Phi) is 6.38. The van der Waals surface area contributed by atoms with E-state index in [-0.39, 0.29) is 5.82 Å². The number of nitrogens with two attached hydrogens (primary N) is 1. The largest absolute Gasteiger partial charge is 0.480 e. The lowest BCUT2D eigenvalue weighted by Gasteiger charge is -2.18. The van der Waals surface area contributed by atoms with E-state index in [4.69, 9.17) is 10.5 Å². The number of aliphatic carboxylic acids is 1. The molecule has 1 heterocycles. The van der Waals surface area contributed by atoms with Gasteiger partial charge in [-0.1, -0.05) is 12.1 Å². The molecule has 1 amide bonds. The number of thioether (sulfide) groups is 1. The van der Waals surface area contributed by atoms with Crippen LogP contribution in [0.2, 0.25) is 0 Å². The fourth-order valence-corrected chi connectivity index (χ4v) is 3.06. The first-order valence-corrected chi connectivity index (χ1v) is 8.91. The van der Waals surface area contributed by atoms with Crippen LogP contribution < -0.4 is 5.73 Å². The first-order chi connectivity index (χ1) is 12.2. The van der Waals surface area contributed by atoms with E-state index in [1.165, 1.54) is 16.4 Å². The molecule has 2 aromatic rings. The van der Waals surface area contributed by atoms with Crippen molar-refractivity contribution in [3.8, 4) is 11.4 Å². The van der Waals surface area contributed by atoms with Crippen molar-refractivity contribution in [2.75, 3.05) is 13.2 Å². The number of carbonyl (C=O) groups is 2. The van der Waals surface area contributed by atoms with Gasteiger partial charge < -0.3 is 15.6 Å². The van der Waals surface area contributed by atoms with Crippen LogP contribution in [0.25, 0.3) is 11.4 Å². The molecule has 0 aliphatic carbocycles. The van der Waals surface area contributed by atoms with Crippen LogP contribution in [-0.4, -0.2) is 49.7 Å². The molecule has 9 heteroatoms. The van der Waals surface area contributed by atoms with E-state index in [0.29, 0.717) is 31.1 Å². The number of carboxylic acid groups (broad SMARTS) is 1. The van der Waals surface area contributed by atoms with Crippen LogP contribution in [-0.2, 0) is 16.1 Å². The molecule has 0 saturated carbocycles. The summed E-state index contributed by atoms with van der Waals surface area (Å²) in [4.78, 5) is 27.8. The van der Waals surface area contributed by atoms with Crippen molar-refractivity contribution in [1.82, 2.24) is 14.8 Å². The van der Waals surface area contributed by atoms with Gasteiger partial charge in [0.05, 0.1) is 13.2 Å². The van der Waals surface area contributed by atoms with E-state index >= 15 is 0 Å². The first-order valence-electron chi connectivity index (χ1n) is 8.10. The number of rotatable bonds is 9. The van der Waals surface area contributed by atoms with Crippen LogP contribution in [0.15, 0.2) is 29.2 Å². The zero-order valence-electron chi connectivity index (χ0n) is 14.9. The van der Waals surface area contributed by atoms with E-state index < -0.39 is 16.6 Å². The molecule has 0 spiro atoms. The second kappa shape index (κ2) is 8.33. The molecule has 1 aromatic heterocycles. The molecule has 0 unspecified atom stereocenters. The van der Waals surface area contributed by atoms with E-state index in [9.17, 15) is 14.7 Å². The molecule has 26 heavy (non-hydrogen) atoms. The molecule has 0 fully saturated rings. The minimum Gasteiger partial charge on any atom is -0.480 e. The zero-order chi connectivity index (χ0) is 19.3. The van der Waals surface area contributed by atoms with E-state index in [1.807, 2.05) is 6.92 Å². The average Bonchev–Trinajstić information content (AvgIpc) is 3.00. The SMILES string of the molecule is CCOCCn1nc(-c2ccc(SC(C)(C)C(=O)O)cc2)nc1C(N)=O. The van der Waals surface area contributed by atoms with Gasteiger partial charge in [-0.15, -0.1) is 11.8 Å². The minimum absolute atomic E-state index is 0.0742. The second-order valence-corrected chi connectivity index (χ2v) is 7.68. The highest BCUT2D eigenvalue weighted by Crippen LogP contribution is 2.33. The van der Waals surface area contributed by atoms with Gasteiger partial charge in [0, 0.05) is 17.1 Å². The Morgan fingerprint density at radius 2 is 1.96 bits per heavy atom. The van der Waals surface area contributed by atoms with Crippen LogP contribution in [0.3, 0.4) is 0 Å². The summed E-state index contributed by atoms with van der Waals surface area (Å²) in [6.07, 6.45) is 0. The number of amides is 1. The first kappa shape index (κ1) is 19.9. The summed E-state index contributed by atoms with van der Waals surface area (Å²) in [5, 5.41) is 13.5. The Morgan fingerprint density at radius 1 is 1.31 bits per heavy atom. The molecule has 0 bridgehead atoms. The highest BCUT2D eigenvalue weighted by atomic mass is 32.2. The van der Waals surface area contributed by atoms with Gasteiger partial charge in [0.1, 0.15) is 4.75 Å². The third-order valence-corrected chi connectivity index (χ3v) is 4.74. The molecular weight excluding hydrogens is 356 g/mol. The fourth-order valence-electron chi connectivity index (χ4n) is 2.11. The number of nitrogens with zero attached hydrogens (tertiary/aromatic N) is 3. The lowest BCUT2D eigenvalue weighted by molar-refractivity contribution is -0.138. The van der Waals surface area contributed by atoms with Crippen molar-refractivity contribution < 1.29 is 19.4 Å². The smallest absolute Gasteiger partial charge is 0.319 e. The summed E-state index contributed by atoms with van der Waals surface area (Å²) in [5.74, 6) is -1.09. The summed E-state index contributed by atoms with van der Waals surface area (Å²) in [5.41, 5.74) is 6.08. The standard InChI is InChI=1S/C17H22N4O4S/c1-4-25-10-9-21-15(13(18)22)19-14(20-21)11-5-7-12(8-6-11)26-17(2,3)16(23)24/h5-8H,4,9-10H2,1-3H3,(H2,18,22)(H,23,24). The molecule has 0 atom stereocenters. The molecule has 8 nitrogen and oxygen atoms in total. The van der Waals surface area contributed by atoms with Gasteiger partial charge in [-0.25, -0.2) is 9.67 Å². The maximum Gasteiger partial charge on any atom is 0.319 e. The Hall–Kier alpha value is -2.39. The third kappa shape index (κ3) is 4.83. The molecular formula is C17H22N4O4S. The molecule has 2 rings (SSSR count). The van der Waals surface area contributed by atoms with Gasteiger partial charge in [-0.3, -0.25) is 9.59 Å². The monoisotopic (exact) mass is 378 g/mol. The van der Waals surface area contributed by atoms with Gasteiger partial charge in [0.2, 0.25) is 5.82 Å². The number of benzene rings is 1. The Morgan fingerprint density at radius 3 is 2.50 bits per heavy atom. The van der Waals surface area contributed by atoms with Crippen molar-refractivity contribution in [3.05, 3.63) is 30.1 Å². The zero-order valence-corrected chi connectivity index (χ0v) is 15.7. The van der Waals surface area contributed by atoms with Crippen LogP contribution in [0.5, 0.6) is 0 Å². The third-order valence-electron chi connectivity index (χ3n) is 3.54. The molecule has 0 saturated heterocycles. The quantitative estimate of drug-likeness (QED) is 0.506. The molecule has 0 radical (unpaired) electrons. The van der Waals surface area contributed by atoms with Gasteiger partial charge in [-0.05, 0) is 32.9 Å². The Labute approximate surface area is 155 Å². The predicted octanol–water partition coefficient (Wildman–Crippen LogP) is 2.04. The summed E-state index contributed by atoms with van der Waals surface area (Å²) < 4.78 is 5.78. The van der Waals surface area contributed by atoms with Gasteiger partial charge >= 0.3 is 5.97 Å². The van der Waals surface area contributed by atoms with Gasteiger partial charge in [0.25, 0.3) is 5.91 Å².